The molecule has 5 rings (SSSR count). The second-order valence-electron chi connectivity index (χ2n) is 8.15. The van der Waals surface area contributed by atoms with E-state index in [1.165, 1.54) is 6.07 Å². The Hall–Kier alpha value is -5.03. The lowest BCUT2D eigenvalue weighted by atomic mass is 10.00. The Morgan fingerprint density at radius 3 is 2.53 bits per heavy atom. The summed E-state index contributed by atoms with van der Waals surface area (Å²) in [4.78, 5) is 23.7. The lowest BCUT2D eigenvalue weighted by molar-refractivity contribution is 0.0326. The highest BCUT2D eigenvalue weighted by atomic mass is 16.7. The minimum Gasteiger partial charge on any atom is -0.493 e. The van der Waals surface area contributed by atoms with Crippen molar-refractivity contribution in [2.24, 2.45) is 0 Å². The number of carbonyl (C=O) groups excluding carboxylic acids is 1. The van der Waals surface area contributed by atoms with Gasteiger partial charge < -0.3 is 24.6 Å². The van der Waals surface area contributed by atoms with Crippen molar-refractivity contribution in [2.75, 3.05) is 11.9 Å². The molecule has 1 heterocycles. The topological polar surface area (TPSA) is 118 Å². The zero-order chi connectivity index (χ0) is 25.1. The number of nitriles is 1. The zero-order valence-electron chi connectivity index (χ0n) is 18.9. The number of anilines is 1. The Morgan fingerprint density at radius 2 is 1.78 bits per heavy atom. The van der Waals surface area contributed by atoms with E-state index in [9.17, 15) is 14.9 Å². The number of benzene rings is 4. The molecule has 4 aromatic carbocycles. The third-order valence-corrected chi connectivity index (χ3v) is 5.81. The fraction of sp³-hybridized carbons (Fsp3) is 0.107. The number of nitrogens with one attached hydrogen (secondary N) is 1. The van der Waals surface area contributed by atoms with Gasteiger partial charge in [-0.05, 0) is 53.2 Å². The molecule has 8 nitrogen and oxygen atoms in total. The van der Waals surface area contributed by atoms with E-state index in [2.05, 4.69) is 11.4 Å². The molecule has 0 aliphatic carbocycles. The highest BCUT2D eigenvalue weighted by Gasteiger charge is 2.27. The number of carbonyl (C=O) groups is 2. The first-order valence-corrected chi connectivity index (χ1v) is 11.2. The Morgan fingerprint density at radius 1 is 1.00 bits per heavy atom. The molecular weight excluding hydrogens is 460 g/mol. The van der Waals surface area contributed by atoms with Crippen LogP contribution in [0.1, 0.15) is 34.0 Å². The Kier molecular flexibility index (Phi) is 6.12. The number of nitrogens with zero attached hydrogens (tertiary/aromatic N) is 1. The molecule has 178 valence electrons. The maximum absolute atomic E-state index is 12.7. The average molecular weight is 480 g/mol. The number of rotatable bonds is 5. The molecule has 1 unspecified atom stereocenters. The molecule has 0 saturated carbocycles. The van der Waals surface area contributed by atoms with Crippen LogP contribution in [-0.4, -0.2) is 23.8 Å². The quantitative estimate of drug-likeness (QED) is 0.323. The molecule has 0 saturated heterocycles. The maximum atomic E-state index is 12.7. The van der Waals surface area contributed by atoms with E-state index < -0.39 is 12.3 Å². The second kappa shape index (κ2) is 9.68. The first-order chi connectivity index (χ1) is 17.5. The van der Waals surface area contributed by atoms with Crippen molar-refractivity contribution in [3.05, 3.63) is 95.6 Å². The van der Waals surface area contributed by atoms with Crippen LogP contribution in [0.15, 0.2) is 78.9 Å². The SMILES string of the molecule is N#Cc1cc2c(cc1Oc1ccc(C(=O)Nc3ccc4ccccc4c3)cc1)OCCC2OC(=O)O. The fourth-order valence-corrected chi connectivity index (χ4v) is 4.07. The smallest absolute Gasteiger partial charge is 0.493 e. The van der Waals surface area contributed by atoms with Gasteiger partial charge in [0, 0.05) is 29.3 Å². The standard InChI is InChI=1S/C28H20N2O6/c29-16-20-14-23-24(36-28(32)33)11-12-34-26(23)15-25(20)35-22-9-6-18(7-10-22)27(31)30-21-8-5-17-3-1-2-4-19(17)13-21/h1-10,13-15,24H,11-12H2,(H,30,31)(H,32,33). The van der Waals surface area contributed by atoms with E-state index in [-0.39, 0.29) is 23.8 Å². The van der Waals surface area contributed by atoms with Crippen molar-refractivity contribution in [2.45, 2.75) is 12.5 Å². The van der Waals surface area contributed by atoms with Gasteiger partial charge in [-0.2, -0.15) is 5.26 Å². The summed E-state index contributed by atoms with van der Waals surface area (Å²) in [6.07, 6.45) is -1.75. The molecule has 1 aliphatic rings. The largest absolute Gasteiger partial charge is 0.506 e. The van der Waals surface area contributed by atoms with Gasteiger partial charge in [-0.3, -0.25) is 4.79 Å². The number of hydrogen-bond acceptors (Lipinski definition) is 6. The molecule has 0 radical (unpaired) electrons. The molecule has 1 amide bonds. The molecule has 1 atom stereocenters. The van der Waals surface area contributed by atoms with Crippen molar-refractivity contribution in [1.82, 2.24) is 0 Å². The number of fused-ring (bicyclic) bond motifs is 2. The van der Waals surface area contributed by atoms with E-state index >= 15 is 0 Å². The van der Waals surface area contributed by atoms with Crippen LogP contribution in [0, 0.1) is 11.3 Å². The first kappa shape index (κ1) is 22.7. The van der Waals surface area contributed by atoms with Crippen LogP contribution in [0.4, 0.5) is 10.5 Å². The summed E-state index contributed by atoms with van der Waals surface area (Å²) in [7, 11) is 0. The number of ether oxygens (including phenoxy) is 3. The highest BCUT2D eigenvalue weighted by molar-refractivity contribution is 6.05. The highest BCUT2D eigenvalue weighted by Crippen LogP contribution is 2.40. The van der Waals surface area contributed by atoms with Gasteiger partial charge in [-0.25, -0.2) is 4.79 Å². The van der Waals surface area contributed by atoms with E-state index in [4.69, 9.17) is 19.3 Å². The van der Waals surface area contributed by atoms with Gasteiger partial charge in [0.15, 0.2) is 0 Å². The maximum Gasteiger partial charge on any atom is 0.506 e. The molecule has 8 heteroatoms. The van der Waals surface area contributed by atoms with Crippen LogP contribution >= 0.6 is 0 Å². The van der Waals surface area contributed by atoms with Crippen molar-refractivity contribution < 1.29 is 28.9 Å². The monoisotopic (exact) mass is 480 g/mol. The molecular formula is C28H20N2O6. The zero-order valence-corrected chi connectivity index (χ0v) is 18.9. The third kappa shape index (κ3) is 4.76. The summed E-state index contributed by atoms with van der Waals surface area (Å²) in [6.45, 7) is 0.275. The van der Waals surface area contributed by atoms with Gasteiger partial charge in [0.2, 0.25) is 0 Å². The van der Waals surface area contributed by atoms with Gasteiger partial charge in [0.05, 0.1) is 12.2 Å². The first-order valence-electron chi connectivity index (χ1n) is 11.2. The van der Waals surface area contributed by atoms with Crippen LogP contribution in [0.3, 0.4) is 0 Å². The summed E-state index contributed by atoms with van der Waals surface area (Å²) in [5, 5.41) is 23.6. The van der Waals surface area contributed by atoms with Crippen LogP contribution in [0.25, 0.3) is 10.8 Å². The van der Waals surface area contributed by atoms with Crippen molar-refractivity contribution in [3.63, 3.8) is 0 Å². The van der Waals surface area contributed by atoms with Gasteiger partial charge in [0.1, 0.15) is 29.4 Å². The predicted molar refractivity (Wildman–Crippen MR) is 132 cm³/mol. The summed E-state index contributed by atoms with van der Waals surface area (Å²) in [5.74, 6) is 0.803. The fourth-order valence-electron chi connectivity index (χ4n) is 4.07. The molecule has 0 aromatic heterocycles. The molecule has 0 bridgehead atoms. The molecule has 2 N–H and O–H groups in total. The van der Waals surface area contributed by atoms with Gasteiger partial charge in [-0.1, -0.05) is 30.3 Å². The van der Waals surface area contributed by atoms with Crippen LogP contribution in [0.2, 0.25) is 0 Å². The summed E-state index contributed by atoms with van der Waals surface area (Å²) in [5.41, 5.74) is 1.82. The predicted octanol–water partition coefficient (Wildman–Crippen LogP) is 6.27. The molecule has 0 fully saturated rings. The van der Waals surface area contributed by atoms with Crippen molar-refractivity contribution in [3.8, 4) is 23.3 Å². The number of hydrogen-bond donors (Lipinski definition) is 2. The molecule has 36 heavy (non-hydrogen) atoms. The normalized spacial score (nSPS) is 14.1. The molecule has 4 aromatic rings. The van der Waals surface area contributed by atoms with Crippen LogP contribution in [0.5, 0.6) is 17.2 Å². The number of carboxylic acid groups (broad SMARTS) is 1. The van der Waals surface area contributed by atoms with E-state index in [0.717, 1.165) is 10.8 Å². The van der Waals surface area contributed by atoms with E-state index in [1.54, 1.807) is 30.3 Å². The van der Waals surface area contributed by atoms with Crippen LogP contribution in [-0.2, 0) is 4.74 Å². The third-order valence-electron chi connectivity index (χ3n) is 5.81. The second-order valence-corrected chi connectivity index (χ2v) is 8.15. The minimum absolute atomic E-state index is 0.205. The Bertz CT molecular complexity index is 1510. The number of amides is 1. The van der Waals surface area contributed by atoms with Crippen LogP contribution < -0.4 is 14.8 Å². The lowest BCUT2D eigenvalue weighted by Crippen LogP contribution is -2.19. The molecule has 1 aliphatic heterocycles. The van der Waals surface area contributed by atoms with Gasteiger partial charge >= 0.3 is 6.16 Å². The van der Waals surface area contributed by atoms with Gasteiger partial charge in [0.25, 0.3) is 5.91 Å². The Balaban J connectivity index is 1.32. The van der Waals surface area contributed by atoms with E-state index in [0.29, 0.717) is 34.7 Å². The average Bonchev–Trinajstić information content (AvgIpc) is 2.88. The van der Waals surface area contributed by atoms with Crippen molar-refractivity contribution >= 4 is 28.5 Å². The van der Waals surface area contributed by atoms with Crippen molar-refractivity contribution in [1.29, 1.82) is 5.26 Å². The van der Waals surface area contributed by atoms with Gasteiger partial charge in [-0.15, -0.1) is 0 Å². The molecule has 0 spiro atoms. The minimum atomic E-state index is -1.39. The summed E-state index contributed by atoms with van der Waals surface area (Å²) < 4.78 is 16.4. The van der Waals surface area contributed by atoms with E-state index in [1.807, 2.05) is 42.5 Å². The summed E-state index contributed by atoms with van der Waals surface area (Å²) in [6, 6.07) is 25.3. The lowest BCUT2D eigenvalue weighted by Gasteiger charge is -2.25. The Labute approximate surface area is 206 Å². The summed E-state index contributed by atoms with van der Waals surface area (Å²) >= 11 is 0.